The zero-order valence-corrected chi connectivity index (χ0v) is 12.8. The summed E-state index contributed by atoms with van der Waals surface area (Å²) >= 11 is 0. The Bertz CT molecular complexity index is 634. The number of alkyl halides is 3. The molecule has 1 amide bonds. The van der Waals surface area contributed by atoms with Crippen molar-refractivity contribution < 1.29 is 18.0 Å². The zero-order valence-electron chi connectivity index (χ0n) is 12.8. The van der Waals surface area contributed by atoms with Crippen LogP contribution in [-0.4, -0.2) is 15.5 Å². The van der Waals surface area contributed by atoms with Crippen molar-refractivity contribution in [1.29, 1.82) is 0 Å². The highest BCUT2D eigenvalue weighted by molar-refractivity contribution is 5.92. The molecule has 2 aromatic heterocycles. The molecule has 0 unspecified atom stereocenters. The largest absolute Gasteiger partial charge is 0.417 e. The minimum Gasteiger partial charge on any atom is -0.342 e. The lowest BCUT2D eigenvalue weighted by molar-refractivity contribution is -0.137. The van der Waals surface area contributed by atoms with Crippen molar-refractivity contribution in [3.05, 3.63) is 48.4 Å². The van der Waals surface area contributed by atoms with Gasteiger partial charge in [0.25, 0.3) is 0 Å². The average molecular weight is 325 g/mol. The third kappa shape index (κ3) is 4.58. The first-order valence-electron chi connectivity index (χ1n) is 7.24. The molecule has 0 spiro atoms. The van der Waals surface area contributed by atoms with Gasteiger partial charge in [-0.3, -0.25) is 4.79 Å². The van der Waals surface area contributed by atoms with Gasteiger partial charge in [-0.25, -0.2) is 4.98 Å². The number of hydrogen-bond donors (Lipinski definition) is 1. The molecule has 2 aromatic rings. The molecule has 0 aliphatic heterocycles. The number of halogens is 3. The minimum atomic E-state index is -4.44. The van der Waals surface area contributed by atoms with Crippen molar-refractivity contribution in [2.24, 2.45) is 5.92 Å². The maximum atomic E-state index is 12.5. The van der Waals surface area contributed by atoms with E-state index in [-0.39, 0.29) is 17.6 Å². The summed E-state index contributed by atoms with van der Waals surface area (Å²) < 4.78 is 39.3. The zero-order chi connectivity index (χ0) is 17.0. The summed E-state index contributed by atoms with van der Waals surface area (Å²) in [4.78, 5) is 16.1. The molecule has 0 saturated heterocycles. The summed E-state index contributed by atoms with van der Waals surface area (Å²) in [6.45, 7) is 4.00. The maximum absolute atomic E-state index is 12.5. The second-order valence-corrected chi connectivity index (χ2v) is 5.69. The molecule has 0 radical (unpaired) electrons. The van der Waals surface area contributed by atoms with Crippen LogP contribution >= 0.6 is 0 Å². The van der Waals surface area contributed by atoms with Crippen molar-refractivity contribution >= 4 is 11.7 Å². The van der Waals surface area contributed by atoms with Crippen molar-refractivity contribution in [3.63, 3.8) is 0 Å². The summed E-state index contributed by atoms with van der Waals surface area (Å²) in [6, 6.07) is 5.25. The third-order valence-corrected chi connectivity index (χ3v) is 3.33. The van der Waals surface area contributed by atoms with Gasteiger partial charge in [-0.2, -0.15) is 13.2 Å². The number of hydrogen-bond acceptors (Lipinski definition) is 2. The highest BCUT2D eigenvalue weighted by atomic mass is 19.4. The topological polar surface area (TPSA) is 46.9 Å². The molecule has 1 N–H and O–H groups in total. The summed E-state index contributed by atoms with van der Waals surface area (Å²) in [5, 5.41) is 2.58. The van der Waals surface area contributed by atoms with E-state index in [9.17, 15) is 18.0 Å². The van der Waals surface area contributed by atoms with Crippen LogP contribution in [0.4, 0.5) is 19.0 Å². The predicted molar refractivity (Wildman–Crippen MR) is 80.8 cm³/mol. The van der Waals surface area contributed by atoms with Crippen LogP contribution in [0.5, 0.6) is 0 Å². The first-order chi connectivity index (χ1) is 10.8. The van der Waals surface area contributed by atoms with Gasteiger partial charge in [-0.05, 0) is 36.6 Å². The van der Waals surface area contributed by atoms with E-state index in [1.165, 1.54) is 0 Å². The molecule has 2 heterocycles. The smallest absolute Gasteiger partial charge is 0.342 e. The Hall–Kier alpha value is -2.31. The van der Waals surface area contributed by atoms with Crippen LogP contribution in [-0.2, 0) is 11.0 Å². The number of aromatic nitrogens is 2. The summed E-state index contributed by atoms with van der Waals surface area (Å²) in [7, 11) is 0. The van der Waals surface area contributed by atoms with Crippen molar-refractivity contribution in [2.45, 2.75) is 32.5 Å². The molecule has 4 nitrogen and oxygen atoms in total. The van der Waals surface area contributed by atoms with Gasteiger partial charge in [0.1, 0.15) is 11.9 Å². The van der Waals surface area contributed by atoms with Gasteiger partial charge in [0.2, 0.25) is 5.91 Å². The molecule has 2 rings (SSSR count). The number of anilines is 1. The van der Waals surface area contributed by atoms with E-state index in [0.717, 1.165) is 12.1 Å². The molecule has 0 saturated carbocycles. The molecule has 1 atom stereocenters. The normalized spacial score (nSPS) is 13.1. The molecule has 0 aromatic carbocycles. The Balaban J connectivity index is 2.12. The van der Waals surface area contributed by atoms with Crippen molar-refractivity contribution in [2.75, 3.05) is 5.32 Å². The van der Waals surface area contributed by atoms with E-state index >= 15 is 0 Å². The van der Waals surface area contributed by atoms with Gasteiger partial charge >= 0.3 is 6.18 Å². The van der Waals surface area contributed by atoms with Crippen LogP contribution in [0.15, 0.2) is 42.9 Å². The van der Waals surface area contributed by atoms with E-state index < -0.39 is 17.8 Å². The lowest BCUT2D eigenvalue weighted by Crippen LogP contribution is -2.27. The molecule has 0 aliphatic rings. The van der Waals surface area contributed by atoms with E-state index in [0.29, 0.717) is 12.6 Å². The fraction of sp³-hybridized carbons (Fsp3) is 0.375. The highest BCUT2D eigenvalue weighted by Crippen LogP contribution is 2.29. The fourth-order valence-electron chi connectivity index (χ4n) is 2.21. The Morgan fingerprint density at radius 2 is 1.91 bits per heavy atom. The number of nitrogens with one attached hydrogen (secondary N) is 1. The second-order valence-electron chi connectivity index (χ2n) is 5.69. The SMILES string of the molecule is CC(C)C[C@H](C(=O)Nc1ccc(C(F)(F)F)cn1)n1cccc1. The maximum Gasteiger partial charge on any atom is 0.417 e. The predicted octanol–water partition coefficient (Wildman–Crippen LogP) is 4.13. The van der Waals surface area contributed by atoms with E-state index in [1.807, 2.05) is 26.0 Å². The molecule has 0 bridgehead atoms. The number of carbonyl (C=O) groups excluding carboxylic acids is 1. The number of nitrogens with zero attached hydrogens (tertiary/aromatic N) is 2. The van der Waals surface area contributed by atoms with Crippen molar-refractivity contribution in [3.8, 4) is 0 Å². The number of amides is 1. The van der Waals surface area contributed by atoms with Crippen LogP contribution in [0.2, 0.25) is 0 Å². The van der Waals surface area contributed by atoms with E-state index in [1.54, 1.807) is 17.0 Å². The first-order valence-corrected chi connectivity index (χ1v) is 7.24. The highest BCUT2D eigenvalue weighted by Gasteiger charge is 2.30. The molecule has 7 heteroatoms. The lowest BCUT2D eigenvalue weighted by atomic mass is 10.0. The summed E-state index contributed by atoms with van der Waals surface area (Å²) in [5.41, 5.74) is -0.848. The second kappa shape index (κ2) is 6.85. The molecular weight excluding hydrogens is 307 g/mol. The summed E-state index contributed by atoms with van der Waals surface area (Å²) in [5.74, 6) is 0.0831. The summed E-state index contributed by atoms with van der Waals surface area (Å²) in [6.07, 6.45) is 0.449. The Morgan fingerprint density at radius 1 is 1.26 bits per heavy atom. The first kappa shape index (κ1) is 17.1. The number of rotatable bonds is 5. The van der Waals surface area contributed by atoms with E-state index in [2.05, 4.69) is 10.3 Å². The van der Waals surface area contributed by atoms with Gasteiger partial charge < -0.3 is 9.88 Å². The molecule has 0 fully saturated rings. The molecule has 0 aliphatic carbocycles. The van der Waals surface area contributed by atoms with Gasteiger partial charge in [0, 0.05) is 18.6 Å². The Kier molecular flexibility index (Phi) is 5.08. The third-order valence-electron chi connectivity index (χ3n) is 3.33. The monoisotopic (exact) mass is 325 g/mol. The molecule has 124 valence electrons. The van der Waals surface area contributed by atoms with Gasteiger partial charge in [0.15, 0.2) is 0 Å². The number of pyridine rings is 1. The van der Waals surface area contributed by atoms with Crippen LogP contribution in [0, 0.1) is 5.92 Å². The van der Waals surface area contributed by atoms with Crippen LogP contribution in [0.1, 0.15) is 31.9 Å². The van der Waals surface area contributed by atoms with E-state index in [4.69, 9.17) is 0 Å². The molecular formula is C16H18F3N3O. The van der Waals surface area contributed by atoms with Crippen LogP contribution in [0.25, 0.3) is 0 Å². The van der Waals surface area contributed by atoms with Crippen LogP contribution in [0.3, 0.4) is 0 Å². The average Bonchev–Trinajstić information content (AvgIpc) is 2.98. The Labute approximate surface area is 132 Å². The molecule has 23 heavy (non-hydrogen) atoms. The van der Waals surface area contributed by atoms with Crippen LogP contribution < -0.4 is 5.32 Å². The quantitative estimate of drug-likeness (QED) is 0.898. The van der Waals surface area contributed by atoms with Crippen molar-refractivity contribution in [1.82, 2.24) is 9.55 Å². The van der Waals surface area contributed by atoms with Gasteiger partial charge in [-0.15, -0.1) is 0 Å². The lowest BCUT2D eigenvalue weighted by Gasteiger charge is -2.20. The standard InChI is InChI=1S/C16H18F3N3O/c1-11(2)9-13(22-7-3-4-8-22)15(23)21-14-6-5-12(10-20-14)16(17,18)19/h3-8,10-11,13H,9H2,1-2H3,(H,20,21,23)/t13-/m1/s1. The number of carbonyl (C=O) groups is 1. The minimum absolute atomic E-state index is 0.101. The fourth-order valence-corrected chi connectivity index (χ4v) is 2.21. The van der Waals surface area contributed by atoms with Gasteiger partial charge in [-0.1, -0.05) is 13.8 Å². The van der Waals surface area contributed by atoms with Gasteiger partial charge in [0.05, 0.1) is 5.56 Å². The Morgan fingerprint density at radius 3 is 2.39 bits per heavy atom.